The lowest BCUT2D eigenvalue weighted by Crippen LogP contribution is -2.35. The predicted molar refractivity (Wildman–Crippen MR) is 150 cm³/mol. The zero-order valence-electron chi connectivity index (χ0n) is 21.5. The molecule has 0 bridgehead atoms. The number of amides is 2. The number of carbonyl (C=O) groups excluding carboxylic acids is 1. The number of hydrogen-bond donors (Lipinski definition) is 2. The van der Waals surface area contributed by atoms with Crippen LogP contribution < -0.4 is 25.9 Å². The molecular formula is C31H30N4O3. The van der Waals surface area contributed by atoms with Gasteiger partial charge in [0.1, 0.15) is 17.6 Å². The number of anilines is 2. The zero-order chi connectivity index (χ0) is 26.5. The van der Waals surface area contributed by atoms with Crippen molar-refractivity contribution in [3.63, 3.8) is 0 Å². The predicted octanol–water partition coefficient (Wildman–Crippen LogP) is 5.28. The van der Waals surface area contributed by atoms with Crippen molar-refractivity contribution in [2.45, 2.75) is 38.8 Å². The van der Waals surface area contributed by atoms with Gasteiger partial charge in [-0.2, -0.15) is 5.26 Å². The van der Waals surface area contributed by atoms with Crippen LogP contribution in [0.5, 0.6) is 5.75 Å². The number of rotatable bonds is 7. The van der Waals surface area contributed by atoms with Crippen molar-refractivity contribution in [2.75, 3.05) is 17.7 Å². The molecule has 2 N–H and O–H groups in total. The molecule has 2 aromatic carbocycles. The third-order valence-electron chi connectivity index (χ3n) is 6.67. The van der Waals surface area contributed by atoms with Crippen LogP contribution in [-0.2, 0) is 11.3 Å². The number of aromatic nitrogens is 1. The molecule has 1 atom stereocenters. The summed E-state index contributed by atoms with van der Waals surface area (Å²) in [5.41, 5.74) is 3.61. The molecule has 7 heteroatoms. The lowest BCUT2D eigenvalue weighted by atomic mass is 10.0. The molecule has 1 heterocycles. The van der Waals surface area contributed by atoms with Gasteiger partial charge in [-0.25, -0.2) is 4.79 Å². The van der Waals surface area contributed by atoms with Crippen LogP contribution in [0.4, 0.5) is 16.2 Å². The minimum Gasteiger partial charge on any atom is -0.458 e. The highest BCUT2D eigenvalue weighted by Crippen LogP contribution is 2.26. The molecule has 7 nitrogen and oxygen atoms in total. The van der Waals surface area contributed by atoms with Gasteiger partial charge in [-0.3, -0.25) is 0 Å². The summed E-state index contributed by atoms with van der Waals surface area (Å²) in [5, 5.41) is 17.7. The van der Waals surface area contributed by atoms with Crippen LogP contribution in [0, 0.1) is 11.3 Å². The van der Waals surface area contributed by atoms with Gasteiger partial charge >= 0.3 is 6.03 Å². The summed E-state index contributed by atoms with van der Waals surface area (Å²) < 4.78 is 13.5. The van der Waals surface area contributed by atoms with Gasteiger partial charge in [-0.15, -0.1) is 0 Å². The van der Waals surface area contributed by atoms with E-state index in [1.807, 2.05) is 42.5 Å². The first-order chi connectivity index (χ1) is 18.6. The van der Waals surface area contributed by atoms with E-state index in [9.17, 15) is 10.1 Å². The number of nitriles is 1. The lowest BCUT2D eigenvalue weighted by molar-refractivity contribution is 0.157. The maximum atomic E-state index is 12.8. The number of nitrogens with one attached hydrogen (secondary N) is 2. The quantitative estimate of drug-likeness (QED) is 0.456. The standard InChI is InChI=1S/C31H30N4O3/c1-3-35-29-19-26(37-2)16-17-27(29)28(20-32)30(35)21-8-7-9-23(18-21)34-31(36)33-22-12-14-25(15-13-22)38-24-10-5-4-6-11-24/h5,7-15,17-19,26H,3-4,6,16H2,1-2H3,(H2,33,34,36). The average Bonchev–Trinajstić information content (AvgIpc) is 3.27. The molecule has 38 heavy (non-hydrogen) atoms. The van der Waals surface area contributed by atoms with Gasteiger partial charge in [0.25, 0.3) is 0 Å². The average molecular weight is 507 g/mol. The van der Waals surface area contributed by atoms with Gasteiger partial charge in [0.05, 0.1) is 17.4 Å². The van der Waals surface area contributed by atoms with Crippen LogP contribution in [0.15, 0.2) is 72.5 Å². The highest BCUT2D eigenvalue weighted by molar-refractivity contribution is 6.00. The molecule has 2 aliphatic carbocycles. The SMILES string of the molecule is CCn1c(-c2cccc(NC(=O)Nc3ccc(OC4=CCCC=C4)cc3)c2)c(C#N)c2c1=CC(OC)CC=2. The number of nitrogens with zero attached hydrogens (tertiary/aromatic N) is 2. The van der Waals surface area contributed by atoms with Gasteiger partial charge in [0.2, 0.25) is 0 Å². The second-order valence-corrected chi connectivity index (χ2v) is 9.13. The Labute approximate surface area is 222 Å². The Balaban J connectivity index is 1.33. The first-order valence-corrected chi connectivity index (χ1v) is 12.8. The largest absolute Gasteiger partial charge is 0.458 e. The second kappa shape index (κ2) is 11.2. The van der Waals surface area contributed by atoms with E-state index in [4.69, 9.17) is 9.47 Å². The number of fused-ring (bicyclic) bond motifs is 1. The van der Waals surface area contributed by atoms with Crippen molar-refractivity contribution in [1.29, 1.82) is 5.26 Å². The molecule has 0 saturated carbocycles. The molecule has 2 amide bonds. The highest BCUT2D eigenvalue weighted by atomic mass is 16.5. The van der Waals surface area contributed by atoms with Crippen molar-refractivity contribution < 1.29 is 14.3 Å². The van der Waals surface area contributed by atoms with Crippen LogP contribution in [0.25, 0.3) is 23.4 Å². The maximum Gasteiger partial charge on any atom is 0.323 e. The van der Waals surface area contributed by atoms with E-state index in [1.165, 1.54) is 0 Å². The molecule has 1 unspecified atom stereocenters. The number of hydrogen-bond acceptors (Lipinski definition) is 4. The minimum absolute atomic E-state index is 0.0133. The fraction of sp³-hybridized carbons (Fsp3) is 0.226. The summed E-state index contributed by atoms with van der Waals surface area (Å²) in [4.78, 5) is 12.8. The number of carbonyl (C=O) groups is 1. The summed E-state index contributed by atoms with van der Waals surface area (Å²) in [7, 11) is 1.70. The molecular weight excluding hydrogens is 476 g/mol. The number of ether oxygens (including phenoxy) is 2. The van der Waals surface area contributed by atoms with Crippen LogP contribution in [0.3, 0.4) is 0 Å². The molecule has 5 rings (SSSR count). The maximum absolute atomic E-state index is 12.8. The molecule has 0 aliphatic heterocycles. The van der Waals surface area contributed by atoms with E-state index in [0.29, 0.717) is 29.2 Å². The topological polar surface area (TPSA) is 88.3 Å². The van der Waals surface area contributed by atoms with Gasteiger partial charge in [-0.1, -0.05) is 24.3 Å². The van der Waals surface area contributed by atoms with Crippen molar-refractivity contribution >= 4 is 29.6 Å². The first kappa shape index (κ1) is 25.1. The minimum atomic E-state index is -0.357. The van der Waals surface area contributed by atoms with Gasteiger partial charge in [0.15, 0.2) is 0 Å². The van der Waals surface area contributed by atoms with Gasteiger partial charge in [-0.05, 0) is 80.8 Å². The highest BCUT2D eigenvalue weighted by Gasteiger charge is 2.20. The summed E-state index contributed by atoms with van der Waals surface area (Å²) >= 11 is 0. The summed E-state index contributed by atoms with van der Waals surface area (Å²) in [5.74, 6) is 1.54. The van der Waals surface area contributed by atoms with E-state index < -0.39 is 0 Å². The van der Waals surface area contributed by atoms with E-state index in [2.05, 4.69) is 52.5 Å². The van der Waals surface area contributed by atoms with Gasteiger partial charge < -0.3 is 24.7 Å². The monoisotopic (exact) mass is 506 g/mol. The molecule has 0 radical (unpaired) electrons. The van der Waals surface area contributed by atoms with E-state index in [1.54, 1.807) is 19.2 Å². The van der Waals surface area contributed by atoms with E-state index in [0.717, 1.165) is 46.8 Å². The molecule has 1 aromatic heterocycles. The first-order valence-electron chi connectivity index (χ1n) is 12.8. The van der Waals surface area contributed by atoms with Crippen LogP contribution in [-0.4, -0.2) is 23.8 Å². The molecule has 3 aromatic rings. The Bertz CT molecular complexity index is 1570. The normalized spacial score (nSPS) is 15.8. The van der Waals surface area contributed by atoms with E-state index in [-0.39, 0.29) is 12.1 Å². The van der Waals surface area contributed by atoms with Crippen LogP contribution >= 0.6 is 0 Å². The molecule has 2 aliphatic rings. The number of urea groups is 1. The van der Waals surface area contributed by atoms with Crippen molar-refractivity contribution in [1.82, 2.24) is 4.57 Å². The summed E-state index contributed by atoms with van der Waals surface area (Å²) in [6.45, 7) is 2.76. The van der Waals surface area contributed by atoms with Crippen molar-refractivity contribution in [3.05, 3.63) is 88.6 Å². The third kappa shape index (κ3) is 5.26. The van der Waals surface area contributed by atoms with E-state index >= 15 is 0 Å². The fourth-order valence-corrected chi connectivity index (χ4v) is 4.87. The summed E-state index contributed by atoms with van der Waals surface area (Å²) in [6.07, 6.45) is 13.0. The Hall–Kier alpha value is -4.54. The lowest BCUT2D eigenvalue weighted by Gasteiger charge is -2.13. The number of allylic oxidation sites excluding steroid dienone is 3. The van der Waals surface area contributed by atoms with Crippen molar-refractivity contribution in [3.8, 4) is 23.1 Å². The Morgan fingerprint density at radius 2 is 1.92 bits per heavy atom. The Morgan fingerprint density at radius 1 is 1.11 bits per heavy atom. The van der Waals surface area contributed by atoms with Gasteiger partial charge in [0, 0.05) is 41.2 Å². The zero-order valence-corrected chi connectivity index (χ0v) is 21.5. The molecule has 0 saturated heterocycles. The number of methoxy groups -OCH3 is 1. The Morgan fingerprint density at radius 3 is 2.63 bits per heavy atom. The van der Waals surface area contributed by atoms with Crippen molar-refractivity contribution in [2.24, 2.45) is 0 Å². The fourth-order valence-electron chi connectivity index (χ4n) is 4.87. The van der Waals surface area contributed by atoms with Crippen LogP contribution in [0.2, 0.25) is 0 Å². The molecule has 192 valence electrons. The second-order valence-electron chi connectivity index (χ2n) is 9.13. The molecule has 0 fully saturated rings. The molecule has 0 spiro atoms. The third-order valence-corrected chi connectivity index (χ3v) is 6.67. The Kier molecular flexibility index (Phi) is 7.43. The smallest absolute Gasteiger partial charge is 0.323 e. The summed E-state index contributed by atoms with van der Waals surface area (Å²) in [6, 6.07) is 16.9. The number of benzene rings is 2. The van der Waals surface area contributed by atoms with Crippen LogP contribution in [0.1, 0.15) is 31.7 Å².